The molecule has 1 aliphatic carbocycles. The summed E-state index contributed by atoms with van der Waals surface area (Å²) in [6, 6.07) is 10.5. The lowest BCUT2D eigenvalue weighted by Crippen LogP contribution is -2.36. The molecule has 2 aliphatic rings. The first kappa shape index (κ1) is 10.8. The molecule has 1 saturated carbocycles. The molecule has 90 valence electrons. The highest BCUT2D eigenvalue weighted by atomic mass is 16.2. The molecule has 17 heavy (non-hydrogen) atoms. The van der Waals surface area contributed by atoms with Crippen molar-refractivity contribution in [1.82, 2.24) is 4.90 Å². The zero-order chi connectivity index (χ0) is 11.7. The van der Waals surface area contributed by atoms with Crippen molar-refractivity contribution >= 4 is 5.91 Å². The Hall–Kier alpha value is -1.31. The zero-order valence-corrected chi connectivity index (χ0v) is 10.1. The molecule has 0 bridgehead atoms. The fraction of sp³-hybridized carbons (Fsp3) is 0.533. The molecule has 1 heterocycles. The monoisotopic (exact) mass is 229 g/mol. The molecule has 0 spiro atoms. The maximum absolute atomic E-state index is 12.3. The van der Waals surface area contributed by atoms with E-state index in [1.54, 1.807) is 0 Å². The molecule has 1 aliphatic heterocycles. The van der Waals surface area contributed by atoms with Crippen LogP contribution < -0.4 is 0 Å². The molecule has 0 N–H and O–H groups in total. The molecule has 0 radical (unpaired) electrons. The summed E-state index contributed by atoms with van der Waals surface area (Å²) in [6.07, 6.45) is 4.72. The molecule has 2 fully saturated rings. The molecule has 3 rings (SSSR count). The summed E-state index contributed by atoms with van der Waals surface area (Å²) < 4.78 is 0. The van der Waals surface area contributed by atoms with Crippen molar-refractivity contribution in [3.05, 3.63) is 35.9 Å². The highest BCUT2D eigenvalue weighted by molar-refractivity contribution is 5.83. The van der Waals surface area contributed by atoms with Gasteiger partial charge in [-0.05, 0) is 37.2 Å². The molecular formula is C15H19NO. The van der Waals surface area contributed by atoms with E-state index in [1.807, 2.05) is 6.07 Å². The van der Waals surface area contributed by atoms with Crippen molar-refractivity contribution in [1.29, 1.82) is 0 Å². The van der Waals surface area contributed by atoms with Crippen LogP contribution in [0.2, 0.25) is 0 Å². The van der Waals surface area contributed by atoms with Gasteiger partial charge in [-0.2, -0.15) is 0 Å². The van der Waals surface area contributed by atoms with Gasteiger partial charge in [-0.3, -0.25) is 4.79 Å². The third-order valence-electron chi connectivity index (χ3n) is 4.00. The summed E-state index contributed by atoms with van der Waals surface area (Å²) in [7, 11) is 0. The SMILES string of the molecule is O=C(C1CC1c1ccccc1)N1CCCCC1. The lowest BCUT2D eigenvalue weighted by atomic mass is 10.1. The Morgan fingerprint density at radius 1 is 1.06 bits per heavy atom. The van der Waals surface area contributed by atoms with E-state index >= 15 is 0 Å². The van der Waals surface area contributed by atoms with Gasteiger partial charge in [-0.25, -0.2) is 0 Å². The van der Waals surface area contributed by atoms with E-state index in [0.29, 0.717) is 11.8 Å². The van der Waals surface area contributed by atoms with Gasteiger partial charge in [0.2, 0.25) is 5.91 Å². The van der Waals surface area contributed by atoms with E-state index in [1.165, 1.54) is 24.8 Å². The van der Waals surface area contributed by atoms with Gasteiger partial charge < -0.3 is 4.90 Å². The molecule has 2 unspecified atom stereocenters. The first-order valence-corrected chi connectivity index (χ1v) is 6.70. The van der Waals surface area contributed by atoms with Crippen molar-refractivity contribution < 1.29 is 4.79 Å². The van der Waals surface area contributed by atoms with Gasteiger partial charge in [0.15, 0.2) is 0 Å². The van der Waals surface area contributed by atoms with Crippen molar-refractivity contribution in [3.63, 3.8) is 0 Å². The fourth-order valence-electron chi connectivity index (χ4n) is 2.89. The maximum Gasteiger partial charge on any atom is 0.226 e. The number of carbonyl (C=O) groups excluding carboxylic acids is 1. The second-order valence-corrected chi connectivity index (χ2v) is 5.25. The third-order valence-corrected chi connectivity index (χ3v) is 4.00. The van der Waals surface area contributed by atoms with Crippen molar-refractivity contribution in [2.45, 2.75) is 31.6 Å². The second-order valence-electron chi connectivity index (χ2n) is 5.25. The van der Waals surface area contributed by atoms with Crippen molar-refractivity contribution in [2.24, 2.45) is 5.92 Å². The van der Waals surface area contributed by atoms with Gasteiger partial charge in [0.25, 0.3) is 0 Å². The Labute approximate surface area is 103 Å². The summed E-state index contributed by atoms with van der Waals surface area (Å²) >= 11 is 0. The Bertz CT molecular complexity index is 395. The lowest BCUT2D eigenvalue weighted by Gasteiger charge is -2.26. The summed E-state index contributed by atoms with van der Waals surface area (Å²) in [5, 5.41) is 0. The molecule has 1 saturated heterocycles. The van der Waals surface area contributed by atoms with Crippen LogP contribution in [-0.4, -0.2) is 23.9 Å². The maximum atomic E-state index is 12.3. The number of benzene rings is 1. The molecule has 2 heteroatoms. The van der Waals surface area contributed by atoms with Crippen LogP contribution in [-0.2, 0) is 4.79 Å². The molecule has 1 aromatic carbocycles. The van der Waals surface area contributed by atoms with Gasteiger partial charge in [-0.15, -0.1) is 0 Å². The standard InChI is InChI=1S/C15H19NO/c17-15(16-9-5-2-6-10-16)14-11-13(14)12-7-3-1-4-8-12/h1,3-4,7-8,13-14H,2,5-6,9-11H2. The summed E-state index contributed by atoms with van der Waals surface area (Å²) in [5.74, 6) is 1.17. The second kappa shape index (κ2) is 4.52. The zero-order valence-electron chi connectivity index (χ0n) is 10.1. The minimum Gasteiger partial charge on any atom is -0.342 e. The fourth-order valence-corrected chi connectivity index (χ4v) is 2.89. The number of carbonyl (C=O) groups is 1. The highest BCUT2D eigenvalue weighted by Crippen LogP contribution is 2.48. The predicted octanol–water partition coefficient (Wildman–Crippen LogP) is 2.80. The van der Waals surface area contributed by atoms with Crippen LogP contribution >= 0.6 is 0 Å². The first-order valence-electron chi connectivity index (χ1n) is 6.70. The van der Waals surface area contributed by atoms with Crippen LogP contribution in [0.15, 0.2) is 30.3 Å². The van der Waals surface area contributed by atoms with E-state index < -0.39 is 0 Å². The highest BCUT2D eigenvalue weighted by Gasteiger charge is 2.45. The molecule has 2 atom stereocenters. The van der Waals surface area contributed by atoms with E-state index in [4.69, 9.17) is 0 Å². The Balaban J connectivity index is 1.62. The Kier molecular flexibility index (Phi) is 2.87. The summed E-state index contributed by atoms with van der Waals surface area (Å²) in [5.41, 5.74) is 1.34. The van der Waals surface area contributed by atoms with E-state index in [0.717, 1.165) is 19.5 Å². The smallest absolute Gasteiger partial charge is 0.226 e. The number of hydrogen-bond acceptors (Lipinski definition) is 1. The van der Waals surface area contributed by atoms with Crippen molar-refractivity contribution in [2.75, 3.05) is 13.1 Å². The normalized spacial score (nSPS) is 27.9. The number of hydrogen-bond donors (Lipinski definition) is 0. The van der Waals surface area contributed by atoms with Crippen LogP contribution in [0.3, 0.4) is 0 Å². The number of nitrogens with zero attached hydrogens (tertiary/aromatic N) is 1. The minimum atomic E-state index is 0.274. The van der Waals surface area contributed by atoms with Crippen LogP contribution in [0.4, 0.5) is 0 Å². The molecular weight excluding hydrogens is 210 g/mol. The van der Waals surface area contributed by atoms with Crippen LogP contribution in [0, 0.1) is 5.92 Å². The van der Waals surface area contributed by atoms with Crippen LogP contribution in [0.1, 0.15) is 37.2 Å². The van der Waals surface area contributed by atoms with E-state index in [-0.39, 0.29) is 5.92 Å². The van der Waals surface area contributed by atoms with E-state index in [9.17, 15) is 4.79 Å². The quantitative estimate of drug-likeness (QED) is 0.763. The number of piperidine rings is 1. The Morgan fingerprint density at radius 2 is 1.76 bits per heavy atom. The van der Waals surface area contributed by atoms with Gasteiger partial charge in [0.1, 0.15) is 0 Å². The number of rotatable bonds is 2. The summed E-state index contributed by atoms with van der Waals surface area (Å²) in [6.45, 7) is 1.97. The molecule has 0 aromatic heterocycles. The van der Waals surface area contributed by atoms with Gasteiger partial charge in [-0.1, -0.05) is 30.3 Å². The lowest BCUT2D eigenvalue weighted by molar-refractivity contribution is -0.133. The average Bonchev–Trinajstić information content (AvgIpc) is 3.20. The van der Waals surface area contributed by atoms with Gasteiger partial charge in [0, 0.05) is 19.0 Å². The molecule has 1 aromatic rings. The first-order chi connectivity index (χ1) is 8.36. The third kappa shape index (κ3) is 2.21. The largest absolute Gasteiger partial charge is 0.342 e. The van der Waals surface area contributed by atoms with Crippen LogP contribution in [0.25, 0.3) is 0 Å². The number of likely N-dealkylation sites (tertiary alicyclic amines) is 1. The summed E-state index contributed by atoms with van der Waals surface area (Å²) in [4.78, 5) is 14.4. The van der Waals surface area contributed by atoms with Gasteiger partial charge >= 0.3 is 0 Å². The number of amides is 1. The van der Waals surface area contributed by atoms with E-state index in [2.05, 4.69) is 29.2 Å². The average molecular weight is 229 g/mol. The molecule has 1 amide bonds. The molecule has 2 nitrogen and oxygen atoms in total. The topological polar surface area (TPSA) is 20.3 Å². The minimum absolute atomic E-state index is 0.274. The van der Waals surface area contributed by atoms with Crippen LogP contribution in [0.5, 0.6) is 0 Å². The van der Waals surface area contributed by atoms with Gasteiger partial charge in [0.05, 0.1) is 0 Å². The van der Waals surface area contributed by atoms with Crippen molar-refractivity contribution in [3.8, 4) is 0 Å². The Morgan fingerprint density at radius 3 is 2.47 bits per heavy atom. The predicted molar refractivity (Wildman–Crippen MR) is 67.7 cm³/mol.